The molecule has 2 nitrogen and oxygen atoms in total. The molecule has 0 unspecified atom stereocenters. The second kappa shape index (κ2) is 5.59. The predicted octanol–water partition coefficient (Wildman–Crippen LogP) is 4.47. The van der Waals surface area contributed by atoms with E-state index >= 15 is 0 Å². The monoisotopic (exact) mass is 300 g/mol. The van der Waals surface area contributed by atoms with Gasteiger partial charge >= 0.3 is 5.97 Å². The minimum atomic E-state index is -1.10. The topological polar surface area (TPSA) is 37.3 Å². The number of carboxylic acid groups (broad SMARTS) is 1. The summed E-state index contributed by atoms with van der Waals surface area (Å²) in [7, 11) is 0. The molecular formula is C13H7ClF2O2S. The largest absolute Gasteiger partial charge is 0.478 e. The molecule has 0 spiro atoms. The van der Waals surface area contributed by atoms with Crippen molar-refractivity contribution in [1.82, 2.24) is 0 Å². The third kappa shape index (κ3) is 3.24. The molecule has 0 aliphatic rings. The van der Waals surface area contributed by atoms with Gasteiger partial charge in [0.1, 0.15) is 11.6 Å². The van der Waals surface area contributed by atoms with Crippen molar-refractivity contribution >= 4 is 29.3 Å². The van der Waals surface area contributed by atoms with Gasteiger partial charge in [-0.05, 0) is 36.4 Å². The van der Waals surface area contributed by atoms with Crippen molar-refractivity contribution < 1.29 is 18.7 Å². The Morgan fingerprint density at radius 3 is 2.47 bits per heavy atom. The minimum Gasteiger partial charge on any atom is -0.478 e. The van der Waals surface area contributed by atoms with Crippen LogP contribution in [-0.2, 0) is 0 Å². The van der Waals surface area contributed by atoms with Crippen LogP contribution in [0.2, 0.25) is 5.02 Å². The molecule has 6 heteroatoms. The molecule has 98 valence electrons. The first-order valence-corrected chi connectivity index (χ1v) is 6.32. The quantitative estimate of drug-likeness (QED) is 0.909. The van der Waals surface area contributed by atoms with Crippen molar-refractivity contribution in [2.45, 2.75) is 9.79 Å². The molecule has 2 aromatic carbocycles. The molecule has 0 saturated carbocycles. The number of halogens is 3. The Hall–Kier alpha value is -1.59. The molecule has 0 atom stereocenters. The smallest absolute Gasteiger partial charge is 0.335 e. The van der Waals surface area contributed by atoms with Crippen LogP contribution in [0.4, 0.5) is 8.78 Å². The van der Waals surface area contributed by atoms with E-state index in [0.29, 0.717) is 4.90 Å². The summed E-state index contributed by atoms with van der Waals surface area (Å²) in [6, 6.07) is 7.19. The third-order valence-corrected chi connectivity index (χ3v) is 3.83. The summed E-state index contributed by atoms with van der Waals surface area (Å²) in [6.45, 7) is 0. The van der Waals surface area contributed by atoms with Crippen LogP contribution in [0.15, 0.2) is 46.2 Å². The first-order valence-electron chi connectivity index (χ1n) is 5.13. The van der Waals surface area contributed by atoms with Crippen LogP contribution in [0.1, 0.15) is 10.4 Å². The summed E-state index contributed by atoms with van der Waals surface area (Å²) in [5.74, 6) is -2.22. The third-order valence-electron chi connectivity index (χ3n) is 2.29. The highest BCUT2D eigenvalue weighted by molar-refractivity contribution is 7.99. The highest BCUT2D eigenvalue weighted by Crippen LogP contribution is 2.35. The van der Waals surface area contributed by atoms with E-state index in [0.717, 1.165) is 30.0 Å². The van der Waals surface area contributed by atoms with Gasteiger partial charge in [-0.1, -0.05) is 23.4 Å². The van der Waals surface area contributed by atoms with Gasteiger partial charge in [0, 0.05) is 4.90 Å². The van der Waals surface area contributed by atoms with E-state index < -0.39 is 17.6 Å². The Labute approximate surface area is 117 Å². The van der Waals surface area contributed by atoms with Crippen molar-refractivity contribution in [3.8, 4) is 0 Å². The average molecular weight is 301 g/mol. The van der Waals surface area contributed by atoms with Gasteiger partial charge in [-0.15, -0.1) is 0 Å². The zero-order chi connectivity index (χ0) is 14.0. The molecule has 0 aliphatic heterocycles. The molecule has 19 heavy (non-hydrogen) atoms. The number of hydrogen-bond donors (Lipinski definition) is 1. The van der Waals surface area contributed by atoms with E-state index in [4.69, 9.17) is 16.7 Å². The average Bonchev–Trinajstić information content (AvgIpc) is 2.36. The molecule has 2 rings (SSSR count). The fourth-order valence-electron chi connectivity index (χ4n) is 1.39. The Morgan fingerprint density at radius 1 is 1.11 bits per heavy atom. The van der Waals surface area contributed by atoms with Gasteiger partial charge in [0.15, 0.2) is 0 Å². The molecule has 0 heterocycles. The van der Waals surface area contributed by atoms with Crippen molar-refractivity contribution in [3.05, 3.63) is 58.6 Å². The molecule has 0 saturated heterocycles. The van der Waals surface area contributed by atoms with Crippen molar-refractivity contribution in [2.75, 3.05) is 0 Å². The van der Waals surface area contributed by atoms with Crippen LogP contribution in [0.25, 0.3) is 0 Å². The zero-order valence-electron chi connectivity index (χ0n) is 9.36. The highest BCUT2D eigenvalue weighted by Gasteiger charge is 2.11. The van der Waals surface area contributed by atoms with Crippen LogP contribution < -0.4 is 0 Å². The lowest BCUT2D eigenvalue weighted by molar-refractivity contribution is 0.0697. The van der Waals surface area contributed by atoms with Crippen molar-refractivity contribution in [2.24, 2.45) is 0 Å². The molecule has 0 aromatic heterocycles. The summed E-state index contributed by atoms with van der Waals surface area (Å²) in [4.78, 5) is 11.3. The second-order valence-electron chi connectivity index (χ2n) is 3.63. The van der Waals surface area contributed by atoms with E-state index in [1.807, 2.05) is 0 Å². The summed E-state index contributed by atoms with van der Waals surface area (Å²) >= 11 is 6.85. The summed E-state index contributed by atoms with van der Waals surface area (Å²) in [6.07, 6.45) is 0. The van der Waals surface area contributed by atoms with Gasteiger partial charge in [0.25, 0.3) is 0 Å². The number of benzene rings is 2. The molecule has 2 aromatic rings. The van der Waals surface area contributed by atoms with Crippen molar-refractivity contribution in [3.63, 3.8) is 0 Å². The Bertz CT molecular complexity index is 647. The zero-order valence-corrected chi connectivity index (χ0v) is 10.9. The molecule has 1 N–H and O–H groups in total. The number of hydrogen-bond acceptors (Lipinski definition) is 2. The summed E-state index contributed by atoms with van der Waals surface area (Å²) in [5, 5.41) is 8.97. The molecule has 0 aliphatic carbocycles. The fourth-order valence-corrected chi connectivity index (χ4v) is 2.55. The Morgan fingerprint density at radius 2 is 1.84 bits per heavy atom. The first-order chi connectivity index (χ1) is 8.97. The highest BCUT2D eigenvalue weighted by atomic mass is 35.5. The number of carbonyl (C=O) groups is 1. The van der Waals surface area contributed by atoms with Crippen molar-refractivity contribution in [1.29, 1.82) is 0 Å². The van der Waals surface area contributed by atoms with E-state index in [2.05, 4.69) is 0 Å². The van der Waals surface area contributed by atoms with Crippen LogP contribution in [-0.4, -0.2) is 11.1 Å². The lowest BCUT2D eigenvalue weighted by Crippen LogP contribution is -1.95. The lowest BCUT2D eigenvalue weighted by atomic mass is 10.2. The molecule has 0 amide bonds. The van der Waals surface area contributed by atoms with Gasteiger partial charge in [0.05, 0.1) is 15.5 Å². The van der Waals surface area contributed by atoms with Crippen LogP contribution in [0.5, 0.6) is 0 Å². The lowest BCUT2D eigenvalue weighted by Gasteiger charge is -2.06. The molecule has 0 bridgehead atoms. The summed E-state index contributed by atoms with van der Waals surface area (Å²) in [5.41, 5.74) is 0.0362. The normalized spacial score (nSPS) is 10.5. The maximum Gasteiger partial charge on any atom is 0.335 e. The minimum absolute atomic E-state index is 0.0362. The maximum absolute atomic E-state index is 13.5. The fraction of sp³-hybridized carbons (Fsp3) is 0. The predicted molar refractivity (Wildman–Crippen MR) is 68.9 cm³/mol. The van der Waals surface area contributed by atoms with E-state index in [9.17, 15) is 13.6 Å². The Balaban J connectivity index is 2.33. The van der Waals surface area contributed by atoms with Crippen LogP contribution in [0, 0.1) is 11.6 Å². The maximum atomic E-state index is 13.5. The van der Waals surface area contributed by atoms with E-state index in [1.54, 1.807) is 0 Å². The van der Waals surface area contributed by atoms with E-state index in [1.165, 1.54) is 18.2 Å². The number of carboxylic acids is 1. The SMILES string of the molecule is O=C(O)c1ccc(Sc2cc(F)ccc2F)c(Cl)c1. The van der Waals surface area contributed by atoms with E-state index in [-0.39, 0.29) is 15.5 Å². The molecular weight excluding hydrogens is 294 g/mol. The molecule has 0 radical (unpaired) electrons. The van der Waals surface area contributed by atoms with Gasteiger partial charge in [0.2, 0.25) is 0 Å². The Kier molecular flexibility index (Phi) is 4.07. The number of aromatic carboxylic acids is 1. The van der Waals surface area contributed by atoms with Gasteiger partial charge in [-0.25, -0.2) is 13.6 Å². The standard InChI is InChI=1S/C13H7ClF2O2S/c14-9-5-7(13(17)18)1-4-11(9)19-12-6-8(15)2-3-10(12)16/h1-6H,(H,17,18). The first kappa shape index (κ1) is 13.8. The second-order valence-corrected chi connectivity index (χ2v) is 5.12. The summed E-state index contributed by atoms with van der Waals surface area (Å²) < 4.78 is 26.5. The van der Waals surface area contributed by atoms with Gasteiger partial charge in [-0.2, -0.15) is 0 Å². The van der Waals surface area contributed by atoms with Crippen LogP contribution >= 0.6 is 23.4 Å². The van der Waals surface area contributed by atoms with Crippen LogP contribution in [0.3, 0.4) is 0 Å². The van der Waals surface area contributed by atoms with Gasteiger partial charge in [-0.3, -0.25) is 0 Å². The molecule has 0 fully saturated rings. The number of rotatable bonds is 3. The van der Waals surface area contributed by atoms with Gasteiger partial charge < -0.3 is 5.11 Å².